The zero-order valence-corrected chi connectivity index (χ0v) is 22.1. The number of nitrogens with one attached hydrogen (secondary N) is 3. The van der Waals surface area contributed by atoms with Gasteiger partial charge in [-0.25, -0.2) is 4.98 Å². The molecule has 0 saturated heterocycles. The van der Waals surface area contributed by atoms with E-state index < -0.39 is 0 Å². The van der Waals surface area contributed by atoms with Gasteiger partial charge in [0.05, 0.1) is 35.0 Å². The van der Waals surface area contributed by atoms with Gasteiger partial charge in [-0.05, 0) is 48.4 Å². The van der Waals surface area contributed by atoms with Crippen molar-refractivity contribution in [3.63, 3.8) is 0 Å². The Morgan fingerprint density at radius 1 is 0.974 bits per heavy atom. The number of H-pyrrole nitrogens is 2. The monoisotopic (exact) mass is 533 g/mol. The molecule has 0 spiro atoms. The number of rotatable bonds is 6. The Kier molecular flexibility index (Phi) is 6.13. The zero-order chi connectivity index (χ0) is 26.2. The first-order valence-electron chi connectivity index (χ1n) is 13.3. The minimum Gasteiger partial charge on any atom is -0.352 e. The molecular weight excluding hydrogens is 506 g/mol. The van der Waals surface area contributed by atoms with Crippen molar-refractivity contribution in [2.75, 3.05) is 5.32 Å². The van der Waals surface area contributed by atoms with Gasteiger partial charge in [-0.3, -0.25) is 19.9 Å². The highest BCUT2D eigenvalue weighted by atomic mass is 32.1. The van der Waals surface area contributed by atoms with Crippen LogP contribution in [0.1, 0.15) is 38.5 Å². The van der Waals surface area contributed by atoms with Crippen molar-refractivity contribution >= 4 is 44.9 Å². The van der Waals surface area contributed by atoms with Crippen molar-refractivity contribution in [2.45, 2.75) is 38.5 Å². The zero-order valence-electron chi connectivity index (χ0n) is 21.3. The van der Waals surface area contributed by atoms with Gasteiger partial charge in [0.2, 0.25) is 5.91 Å². The number of aromatic nitrogens is 6. The molecular formula is C30H27N7OS. The molecule has 39 heavy (non-hydrogen) atoms. The molecule has 3 N–H and O–H groups in total. The summed E-state index contributed by atoms with van der Waals surface area (Å²) >= 11 is 1.70. The van der Waals surface area contributed by atoms with Crippen LogP contribution < -0.4 is 5.32 Å². The third kappa shape index (κ3) is 4.70. The summed E-state index contributed by atoms with van der Waals surface area (Å²) in [5.41, 5.74) is 6.95. The van der Waals surface area contributed by atoms with E-state index in [0.717, 1.165) is 57.2 Å². The van der Waals surface area contributed by atoms with Gasteiger partial charge in [0.15, 0.2) is 5.65 Å². The summed E-state index contributed by atoms with van der Waals surface area (Å²) in [4.78, 5) is 30.8. The summed E-state index contributed by atoms with van der Waals surface area (Å²) in [6.07, 6.45) is 15.6. The van der Waals surface area contributed by atoms with E-state index in [1.165, 1.54) is 24.1 Å². The molecule has 0 bridgehead atoms. The Labute approximate surface area is 228 Å². The van der Waals surface area contributed by atoms with E-state index in [2.05, 4.69) is 59.0 Å². The van der Waals surface area contributed by atoms with Crippen molar-refractivity contribution < 1.29 is 4.79 Å². The van der Waals surface area contributed by atoms with Gasteiger partial charge in [0, 0.05) is 57.4 Å². The second kappa shape index (κ2) is 10.1. The van der Waals surface area contributed by atoms with Crippen LogP contribution in [0.2, 0.25) is 0 Å². The van der Waals surface area contributed by atoms with E-state index >= 15 is 0 Å². The standard InChI is InChI=1S/C30H27N7OS/c38-28(9-18-5-2-1-3-6-18)34-21-10-19(13-31-15-21)20-11-23-29(36-37-30(23)33-14-20)25-12-22-24(27-7-4-8-39-27)16-32-17-26(22)35-25/h4,7-8,10-18,35H,1-3,5-6,9H2,(H,34,38)(H,33,36,37). The number of nitrogens with zero attached hydrogens (tertiary/aromatic N) is 4. The summed E-state index contributed by atoms with van der Waals surface area (Å²) in [6, 6.07) is 10.3. The average Bonchev–Trinajstić information content (AvgIpc) is 3.73. The number of carbonyl (C=O) groups excluding carboxylic acids is 1. The molecule has 8 nitrogen and oxygen atoms in total. The number of thiophene rings is 1. The molecule has 0 unspecified atom stereocenters. The van der Waals surface area contributed by atoms with E-state index in [4.69, 9.17) is 0 Å². The second-order valence-corrected chi connectivity index (χ2v) is 11.2. The highest BCUT2D eigenvalue weighted by Crippen LogP contribution is 2.36. The largest absolute Gasteiger partial charge is 0.352 e. The molecule has 6 aromatic rings. The maximum Gasteiger partial charge on any atom is 0.224 e. The second-order valence-electron chi connectivity index (χ2n) is 10.2. The molecule has 0 aromatic carbocycles. The van der Waals surface area contributed by atoms with Crippen molar-refractivity contribution in [3.05, 3.63) is 66.7 Å². The van der Waals surface area contributed by atoms with Gasteiger partial charge in [0.1, 0.15) is 0 Å². The molecule has 7 rings (SSSR count). The Balaban J connectivity index is 1.19. The number of pyridine rings is 3. The molecule has 1 aliphatic carbocycles. The smallest absolute Gasteiger partial charge is 0.224 e. The third-order valence-electron chi connectivity index (χ3n) is 7.57. The summed E-state index contributed by atoms with van der Waals surface area (Å²) in [7, 11) is 0. The Morgan fingerprint density at radius 3 is 2.72 bits per heavy atom. The fourth-order valence-corrected chi connectivity index (χ4v) is 6.36. The first-order chi connectivity index (χ1) is 19.2. The molecule has 1 aliphatic rings. The molecule has 194 valence electrons. The van der Waals surface area contributed by atoms with Crippen LogP contribution in [0, 0.1) is 5.92 Å². The van der Waals surface area contributed by atoms with Gasteiger partial charge >= 0.3 is 0 Å². The quantitative estimate of drug-likeness (QED) is 0.210. The lowest BCUT2D eigenvalue weighted by Gasteiger charge is -2.20. The maximum absolute atomic E-state index is 12.7. The predicted octanol–water partition coefficient (Wildman–Crippen LogP) is 7.20. The van der Waals surface area contributed by atoms with E-state index in [-0.39, 0.29) is 5.91 Å². The number of carbonyl (C=O) groups is 1. The van der Waals surface area contributed by atoms with Crippen molar-refractivity contribution in [1.82, 2.24) is 30.1 Å². The van der Waals surface area contributed by atoms with Gasteiger partial charge in [-0.2, -0.15) is 5.10 Å². The summed E-state index contributed by atoms with van der Waals surface area (Å²) in [6.45, 7) is 0. The Morgan fingerprint density at radius 2 is 1.85 bits per heavy atom. The van der Waals surface area contributed by atoms with E-state index in [1.807, 2.05) is 24.5 Å². The first kappa shape index (κ1) is 23.7. The highest BCUT2D eigenvalue weighted by molar-refractivity contribution is 7.13. The number of hydrogen-bond acceptors (Lipinski definition) is 6. The Bertz CT molecular complexity index is 1780. The normalized spacial score (nSPS) is 14.3. The van der Waals surface area contributed by atoms with Crippen LogP contribution in [0.5, 0.6) is 0 Å². The third-order valence-corrected chi connectivity index (χ3v) is 8.47. The maximum atomic E-state index is 12.7. The van der Waals surface area contributed by atoms with Crippen molar-refractivity contribution in [1.29, 1.82) is 0 Å². The van der Waals surface area contributed by atoms with Gasteiger partial charge in [-0.1, -0.05) is 25.3 Å². The molecule has 0 aliphatic heterocycles. The number of amides is 1. The van der Waals surface area contributed by atoms with Gasteiger partial charge in [0.25, 0.3) is 0 Å². The number of hydrogen-bond donors (Lipinski definition) is 3. The predicted molar refractivity (Wildman–Crippen MR) is 155 cm³/mol. The van der Waals surface area contributed by atoms with Crippen molar-refractivity contribution in [2.24, 2.45) is 5.92 Å². The molecule has 0 radical (unpaired) electrons. The highest BCUT2D eigenvalue weighted by Gasteiger charge is 2.18. The molecule has 0 atom stereocenters. The van der Waals surface area contributed by atoms with Crippen LogP contribution in [-0.2, 0) is 4.79 Å². The Hall–Kier alpha value is -4.37. The molecule has 6 aromatic heterocycles. The summed E-state index contributed by atoms with van der Waals surface area (Å²) in [5, 5.41) is 14.7. The molecule has 6 heterocycles. The van der Waals surface area contributed by atoms with Crippen LogP contribution >= 0.6 is 11.3 Å². The van der Waals surface area contributed by atoms with Crippen molar-refractivity contribution in [3.8, 4) is 33.0 Å². The summed E-state index contributed by atoms with van der Waals surface area (Å²) in [5.74, 6) is 0.546. The lowest BCUT2D eigenvalue weighted by Crippen LogP contribution is -2.18. The SMILES string of the molecule is O=C(CC1CCCCC1)Nc1cncc(-c2cnc3n[nH]c(-c4cc5c(-c6cccs6)cncc5[nH]4)c3c2)c1. The minimum atomic E-state index is 0.0572. The summed E-state index contributed by atoms with van der Waals surface area (Å²) < 4.78 is 0. The van der Waals surface area contributed by atoms with Crippen LogP contribution in [-0.4, -0.2) is 36.0 Å². The molecule has 1 amide bonds. The fourth-order valence-electron chi connectivity index (χ4n) is 5.61. The van der Waals surface area contributed by atoms with Crippen LogP contribution in [0.3, 0.4) is 0 Å². The first-order valence-corrected chi connectivity index (χ1v) is 14.2. The number of fused-ring (bicyclic) bond motifs is 2. The van der Waals surface area contributed by atoms with Gasteiger partial charge in [-0.15, -0.1) is 11.3 Å². The lowest BCUT2D eigenvalue weighted by molar-refractivity contribution is -0.117. The topological polar surface area (TPSA) is 112 Å². The van der Waals surface area contributed by atoms with E-state index in [1.54, 1.807) is 29.9 Å². The minimum absolute atomic E-state index is 0.0572. The number of anilines is 1. The van der Waals surface area contributed by atoms with E-state index in [9.17, 15) is 4.79 Å². The van der Waals surface area contributed by atoms with Crippen LogP contribution in [0.25, 0.3) is 54.9 Å². The van der Waals surface area contributed by atoms with Crippen LogP contribution in [0.4, 0.5) is 5.69 Å². The van der Waals surface area contributed by atoms with Gasteiger partial charge < -0.3 is 10.3 Å². The van der Waals surface area contributed by atoms with E-state index in [0.29, 0.717) is 23.7 Å². The lowest BCUT2D eigenvalue weighted by atomic mass is 9.87. The molecule has 9 heteroatoms. The number of aromatic amines is 2. The molecule has 1 saturated carbocycles. The molecule has 1 fully saturated rings. The fraction of sp³-hybridized carbons (Fsp3) is 0.233. The van der Waals surface area contributed by atoms with Crippen LogP contribution in [0.15, 0.2) is 66.7 Å². The average molecular weight is 534 g/mol.